The Kier molecular flexibility index (Phi) is 4.94. The average molecular weight is 304 g/mol. The molecule has 0 aliphatic heterocycles. The molecule has 2 aromatic rings. The number of carbonyl (C=O) groups excluding carboxylic acids is 1. The van der Waals surface area contributed by atoms with Crippen molar-refractivity contribution in [2.45, 2.75) is 6.92 Å². The summed E-state index contributed by atoms with van der Waals surface area (Å²) >= 11 is 1.57. The Labute approximate surface area is 127 Å². The van der Waals surface area contributed by atoms with Crippen molar-refractivity contribution in [3.05, 3.63) is 46.2 Å². The van der Waals surface area contributed by atoms with E-state index in [1.165, 1.54) is 14.2 Å². The lowest BCUT2D eigenvalue weighted by atomic mass is 10.2. The molecule has 1 aromatic heterocycles. The van der Waals surface area contributed by atoms with Crippen LogP contribution in [0.3, 0.4) is 0 Å². The van der Waals surface area contributed by atoms with Gasteiger partial charge in [0.25, 0.3) is 5.91 Å². The third kappa shape index (κ3) is 3.82. The van der Waals surface area contributed by atoms with E-state index >= 15 is 0 Å². The van der Waals surface area contributed by atoms with Gasteiger partial charge in [-0.1, -0.05) is 6.07 Å². The maximum Gasteiger partial charge on any atom is 0.271 e. The monoisotopic (exact) mass is 304 g/mol. The van der Waals surface area contributed by atoms with Gasteiger partial charge in [0, 0.05) is 16.5 Å². The van der Waals surface area contributed by atoms with Gasteiger partial charge < -0.3 is 9.47 Å². The number of thiophene rings is 1. The molecule has 2 rings (SSSR count). The van der Waals surface area contributed by atoms with Gasteiger partial charge in [0.2, 0.25) is 0 Å². The molecular formula is C15H16N2O3S. The molecule has 0 fully saturated rings. The molecule has 0 saturated heterocycles. The van der Waals surface area contributed by atoms with Gasteiger partial charge in [0.1, 0.15) is 11.5 Å². The molecule has 1 N–H and O–H groups in total. The molecule has 5 nitrogen and oxygen atoms in total. The third-order valence-electron chi connectivity index (χ3n) is 2.82. The highest BCUT2D eigenvalue weighted by Crippen LogP contribution is 2.22. The molecule has 0 saturated carbocycles. The first-order chi connectivity index (χ1) is 10.1. The first kappa shape index (κ1) is 15.1. The van der Waals surface area contributed by atoms with Crippen LogP contribution in [0.1, 0.15) is 22.2 Å². The van der Waals surface area contributed by atoms with Crippen molar-refractivity contribution in [3.63, 3.8) is 0 Å². The van der Waals surface area contributed by atoms with Gasteiger partial charge in [-0.3, -0.25) is 4.79 Å². The topological polar surface area (TPSA) is 59.9 Å². The lowest BCUT2D eigenvalue weighted by Gasteiger charge is -2.07. The summed E-state index contributed by atoms with van der Waals surface area (Å²) in [6.45, 7) is 1.85. The minimum atomic E-state index is -0.317. The van der Waals surface area contributed by atoms with Crippen LogP contribution in [0.4, 0.5) is 0 Å². The molecule has 0 aliphatic carbocycles. The van der Waals surface area contributed by atoms with E-state index in [0.717, 1.165) is 10.6 Å². The lowest BCUT2D eigenvalue weighted by molar-refractivity contribution is 0.0954. The van der Waals surface area contributed by atoms with Crippen LogP contribution in [0.25, 0.3) is 0 Å². The smallest absolute Gasteiger partial charge is 0.271 e. The SMILES string of the molecule is COc1cc(OC)cc(C(=O)N/N=C(/C)c2cccs2)c1. The number of methoxy groups -OCH3 is 2. The van der Waals surface area contributed by atoms with Crippen molar-refractivity contribution in [3.8, 4) is 11.5 Å². The second-order valence-corrected chi connectivity index (χ2v) is 5.16. The zero-order valence-electron chi connectivity index (χ0n) is 12.0. The summed E-state index contributed by atoms with van der Waals surface area (Å²) in [6, 6.07) is 8.86. The van der Waals surface area contributed by atoms with Gasteiger partial charge in [-0.15, -0.1) is 11.3 Å². The van der Waals surface area contributed by atoms with Crippen LogP contribution in [-0.2, 0) is 0 Å². The fraction of sp³-hybridized carbons (Fsp3) is 0.200. The maximum atomic E-state index is 12.1. The summed E-state index contributed by atoms with van der Waals surface area (Å²) in [5.74, 6) is 0.792. The summed E-state index contributed by atoms with van der Waals surface area (Å²) in [7, 11) is 3.07. The largest absolute Gasteiger partial charge is 0.497 e. The normalized spacial score (nSPS) is 11.1. The number of nitrogens with one attached hydrogen (secondary N) is 1. The fourth-order valence-electron chi connectivity index (χ4n) is 1.68. The van der Waals surface area contributed by atoms with Crippen LogP contribution in [0.2, 0.25) is 0 Å². The summed E-state index contributed by atoms with van der Waals surface area (Å²) in [6.07, 6.45) is 0. The molecule has 1 amide bonds. The van der Waals surface area contributed by atoms with E-state index in [-0.39, 0.29) is 5.91 Å². The Bertz CT molecular complexity index is 629. The summed E-state index contributed by atoms with van der Waals surface area (Å²) in [5.41, 5.74) is 3.72. The number of hydrogen-bond donors (Lipinski definition) is 1. The summed E-state index contributed by atoms with van der Waals surface area (Å²) in [4.78, 5) is 13.1. The predicted octanol–water partition coefficient (Wildman–Crippen LogP) is 2.92. The number of hydrazone groups is 1. The van der Waals surface area contributed by atoms with E-state index < -0.39 is 0 Å². The average Bonchev–Trinajstić information content (AvgIpc) is 3.06. The first-order valence-electron chi connectivity index (χ1n) is 6.25. The van der Waals surface area contributed by atoms with Crippen molar-refractivity contribution >= 4 is 23.0 Å². The van der Waals surface area contributed by atoms with Crippen molar-refractivity contribution in [2.75, 3.05) is 14.2 Å². The number of ether oxygens (including phenoxy) is 2. The van der Waals surface area contributed by atoms with Gasteiger partial charge in [0.05, 0.1) is 19.9 Å². The molecule has 1 heterocycles. The summed E-state index contributed by atoms with van der Waals surface area (Å²) in [5, 5.41) is 6.06. The Morgan fingerprint density at radius 2 is 1.86 bits per heavy atom. The Balaban J connectivity index is 2.15. The molecule has 6 heteroatoms. The standard InChI is InChI=1S/C15H16N2O3S/c1-10(14-5-4-6-21-14)16-17-15(18)11-7-12(19-2)9-13(8-11)20-3/h4-9H,1-3H3,(H,17,18)/b16-10-. The number of nitrogens with zero attached hydrogens (tertiary/aromatic N) is 1. The number of rotatable bonds is 5. The van der Waals surface area contributed by atoms with Crippen molar-refractivity contribution < 1.29 is 14.3 Å². The molecule has 1 aromatic carbocycles. The van der Waals surface area contributed by atoms with Crippen LogP contribution in [-0.4, -0.2) is 25.8 Å². The highest BCUT2D eigenvalue weighted by atomic mass is 32.1. The van der Waals surface area contributed by atoms with Crippen molar-refractivity contribution in [2.24, 2.45) is 5.10 Å². The van der Waals surface area contributed by atoms with Gasteiger partial charge in [-0.25, -0.2) is 5.43 Å². The molecule has 0 aliphatic rings. The molecule has 21 heavy (non-hydrogen) atoms. The predicted molar refractivity (Wildman–Crippen MR) is 83.5 cm³/mol. The van der Waals surface area contributed by atoms with Crippen LogP contribution in [0.15, 0.2) is 40.8 Å². The van der Waals surface area contributed by atoms with Gasteiger partial charge in [-0.05, 0) is 30.5 Å². The van der Waals surface area contributed by atoms with E-state index in [9.17, 15) is 4.79 Å². The van der Waals surface area contributed by atoms with Crippen molar-refractivity contribution in [1.82, 2.24) is 5.43 Å². The van der Waals surface area contributed by atoms with Crippen LogP contribution < -0.4 is 14.9 Å². The minimum absolute atomic E-state index is 0.317. The molecule has 0 radical (unpaired) electrons. The second kappa shape index (κ2) is 6.90. The summed E-state index contributed by atoms with van der Waals surface area (Å²) < 4.78 is 10.3. The molecule has 0 atom stereocenters. The van der Waals surface area contributed by atoms with Crippen LogP contribution in [0, 0.1) is 0 Å². The van der Waals surface area contributed by atoms with E-state index in [1.54, 1.807) is 29.5 Å². The highest BCUT2D eigenvalue weighted by molar-refractivity contribution is 7.12. The van der Waals surface area contributed by atoms with E-state index in [1.807, 2.05) is 24.4 Å². The van der Waals surface area contributed by atoms with E-state index in [4.69, 9.17) is 9.47 Å². The number of amides is 1. The quantitative estimate of drug-likeness (QED) is 0.682. The molecular weight excluding hydrogens is 288 g/mol. The fourth-order valence-corrected chi connectivity index (χ4v) is 2.35. The zero-order valence-corrected chi connectivity index (χ0v) is 12.9. The van der Waals surface area contributed by atoms with Crippen LogP contribution in [0.5, 0.6) is 11.5 Å². The lowest BCUT2D eigenvalue weighted by Crippen LogP contribution is -2.19. The second-order valence-electron chi connectivity index (χ2n) is 4.22. The van der Waals surface area contributed by atoms with Gasteiger partial charge in [-0.2, -0.15) is 5.10 Å². The number of hydrogen-bond acceptors (Lipinski definition) is 5. The third-order valence-corrected chi connectivity index (χ3v) is 3.80. The van der Waals surface area contributed by atoms with Gasteiger partial charge in [0.15, 0.2) is 0 Å². The zero-order chi connectivity index (χ0) is 15.2. The number of carbonyl (C=O) groups is 1. The Hall–Kier alpha value is -2.34. The van der Waals surface area contributed by atoms with E-state index in [0.29, 0.717) is 17.1 Å². The Morgan fingerprint density at radius 1 is 1.19 bits per heavy atom. The molecule has 110 valence electrons. The molecule has 0 bridgehead atoms. The van der Waals surface area contributed by atoms with E-state index in [2.05, 4.69) is 10.5 Å². The highest BCUT2D eigenvalue weighted by Gasteiger charge is 2.09. The number of benzene rings is 1. The molecule has 0 spiro atoms. The first-order valence-corrected chi connectivity index (χ1v) is 7.13. The van der Waals surface area contributed by atoms with Crippen molar-refractivity contribution in [1.29, 1.82) is 0 Å². The maximum absolute atomic E-state index is 12.1. The molecule has 0 unspecified atom stereocenters. The van der Waals surface area contributed by atoms with Gasteiger partial charge >= 0.3 is 0 Å². The minimum Gasteiger partial charge on any atom is -0.497 e. The Morgan fingerprint density at radius 3 is 2.38 bits per heavy atom. The van der Waals surface area contributed by atoms with Crippen LogP contribution >= 0.6 is 11.3 Å².